The van der Waals surface area contributed by atoms with Crippen LogP contribution in [0.5, 0.6) is 11.5 Å². The molecule has 5 nitrogen and oxygen atoms in total. The lowest BCUT2D eigenvalue weighted by atomic mass is 10.1. The van der Waals surface area contributed by atoms with Crippen LogP contribution in [0.3, 0.4) is 0 Å². The van der Waals surface area contributed by atoms with Gasteiger partial charge >= 0.3 is 0 Å². The van der Waals surface area contributed by atoms with Crippen LogP contribution in [0.15, 0.2) is 65.6 Å². The van der Waals surface area contributed by atoms with Gasteiger partial charge in [-0.2, -0.15) is 0 Å². The Morgan fingerprint density at radius 3 is 2.54 bits per heavy atom. The molecule has 0 fully saturated rings. The van der Waals surface area contributed by atoms with Crippen LogP contribution in [0.4, 0.5) is 0 Å². The molecule has 0 atom stereocenters. The molecule has 0 bridgehead atoms. The largest absolute Gasteiger partial charge is 0.454 e. The Morgan fingerprint density at radius 2 is 1.67 bits per heavy atom. The van der Waals surface area contributed by atoms with Gasteiger partial charge in [0.15, 0.2) is 11.5 Å². The third kappa shape index (κ3) is 2.81. The zero-order valence-electron chi connectivity index (χ0n) is 12.7. The van der Waals surface area contributed by atoms with Crippen LogP contribution < -0.4 is 14.2 Å². The van der Waals surface area contributed by atoms with E-state index in [9.17, 15) is 8.42 Å². The van der Waals surface area contributed by atoms with Crippen molar-refractivity contribution in [1.82, 2.24) is 4.72 Å². The molecule has 4 rings (SSSR count). The SMILES string of the molecule is O=S(=O)(NCc1ccc2c(c1)OCO2)c1ccc2ccccc2c1. The van der Waals surface area contributed by atoms with E-state index in [2.05, 4.69) is 4.72 Å². The zero-order chi connectivity index (χ0) is 16.6. The number of nitrogens with one attached hydrogen (secondary N) is 1. The highest BCUT2D eigenvalue weighted by molar-refractivity contribution is 7.89. The van der Waals surface area contributed by atoms with E-state index in [1.807, 2.05) is 36.4 Å². The van der Waals surface area contributed by atoms with Crippen LogP contribution >= 0.6 is 0 Å². The van der Waals surface area contributed by atoms with Crippen molar-refractivity contribution in [2.24, 2.45) is 0 Å². The molecule has 0 radical (unpaired) electrons. The van der Waals surface area contributed by atoms with E-state index in [0.717, 1.165) is 16.3 Å². The lowest BCUT2D eigenvalue weighted by Crippen LogP contribution is -2.23. The van der Waals surface area contributed by atoms with Crippen LogP contribution in [0.25, 0.3) is 10.8 Å². The van der Waals surface area contributed by atoms with Gasteiger partial charge in [-0.3, -0.25) is 0 Å². The van der Waals surface area contributed by atoms with Gasteiger partial charge in [-0.15, -0.1) is 0 Å². The second-order valence-corrected chi connectivity index (χ2v) is 7.29. The van der Waals surface area contributed by atoms with Crippen LogP contribution in [-0.4, -0.2) is 15.2 Å². The molecule has 3 aromatic rings. The number of hydrogen-bond acceptors (Lipinski definition) is 4. The summed E-state index contributed by atoms with van der Waals surface area (Å²) in [4.78, 5) is 0.252. The molecule has 122 valence electrons. The quantitative estimate of drug-likeness (QED) is 0.792. The second kappa shape index (κ2) is 5.81. The van der Waals surface area contributed by atoms with Crippen LogP contribution in [0, 0.1) is 0 Å². The van der Waals surface area contributed by atoms with Gasteiger partial charge in [-0.05, 0) is 40.6 Å². The van der Waals surface area contributed by atoms with Gasteiger partial charge in [-0.25, -0.2) is 13.1 Å². The Balaban J connectivity index is 1.56. The third-order valence-corrected chi connectivity index (χ3v) is 5.33. The molecule has 0 aliphatic carbocycles. The monoisotopic (exact) mass is 341 g/mol. The van der Waals surface area contributed by atoms with Crippen LogP contribution in [0.2, 0.25) is 0 Å². The molecule has 3 aromatic carbocycles. The molecule has 1 N–H and O–H groups in total. The zero-order valence-corrected chi connectivity index (χ0v) is 13.5. The fourth-order valence-electron chi connectivity index (χ4n) is 2.65. The molecule has 1 heterocycles. The molecule has 0 amide bonds. The average Bonchev–Trinajstić information content (AvgIpc) is 3.07. The fourth-order valence-corrected chi connectivity index (χ4v) is 3.70. The Labute approximate surface area is 139 Å². The van der Waals surface area contributed by atoms with Crippen molar-refractivity contribution in [2.45, 2.75) is 11.4 Å². The van der Waals surface area contributed by atoms with Gasteiger partial charge in [-0.1, -0.05) is 36.4 Å². The van der Waals surface area contributed by atoms with Crippen molar-refractivity contribution >= 4 is 20.8 Å². The van der Waals surface area contributed by atoms with Crippen LogP contribution in [-0.2, 0) is 16.6 Å². The maximum atomic E-state index is 12.5. The molecule has 0 spiro atoms. The van der Waals surface area contributed by atoms with E-state index in [1.54, 1.807) is 24.3 Å². The summed E-state index contributed by atoms with van der Waals surface area (Å²) in [7, 11) is -3.59. The molecule has 1 aliphatic rings. The smallest absolute Gasteiger partial charge is 0.240 e. The summed E-state index contributed by atoms with van der Waals surface area (Å²) in [6.45, 7) is 0.382. The summed E-state index contributed by atoms with van der Waals surface area (Å²) in [6.07, 6.45) is 0. The van der Waals surface area contributed by atoms with Gasteiger partial charge in [0.05, 0.1) is 4.90 Å². The molecule has 0 saturated heterocycles. The van der Waals surface area contributed by atoms with E-state index in [-0.39, 0.29) is 18.2 Å². The first-order chi connectivity index (χ1) is 11.6. The number of hydrogen-bond donors (Lipinski definition) is 1. The number of fused-ring (bicyclic) bond motifs is 2. The van der Waals surface area contributed by atoms with Crippen molar-refractivity contribution in [2.75, 3.05) is 6.79 Å². The standard InChI is InChI=1S/C18H15NO4S/c20-24(21,16-7-6-14-3-1-2-4-15(14)10-16)19-11-13-5-8-17-18(9-13)23-12-22-17/h1-10,19H,11-12H2. The maximum absolute atomic E-state index is 12.5. The first kappa shape index (κ1) is 15.0. The van der Waals surface area contributed by atoms with Crippen molar-refractivity contribution in [3.05, 3.63) is 66.2 Å². The normalized spacial score (nSPS) is 13.3. The summed E-state index contributed by atoms with van der Waals surface area (Å²) < 4.78 is 38.2. The first-order valence-electron chi connectivity index (χ1n) is 7.49. The highest BCUT2D eigenvalue weighted by atomic mass is 32.2. The lowest BCUT2D eigenvalue weighted by molar-refractivity contribution is 0.174. The molecule has 0 unspecified atom stereocenters. The number of benzene rings is 3. The summed E-state index contributed by atoms with van der Waals surface area (Å²) in [6, 6.07) is 18.1. The molecule has 0 saturated carbocycles. The van der Waals surface area contributed by atoms with Crippen molar-refractivity contribution in [3.8, 4) is 11.5 Å². The minimum Gasteiger partial charge on any atom is -0.454 e. The highest BCUT2D eigenvalue weighted by Crippen LogP contribution is 2.32. The molecular formula is C18H15NO4S. The summed E-state index contributed by atoms with van der Waals surface area (Å²) in [5.41, 5.74) is 0.809. The van der Waals surface area contributed by atoms with Crippen molar-refractivity contribution in [3.63, 3.8) is 0 Å². The average molecular weight is 341 g/mol. The van der Waals surface area contributed by atoms with Gasteiger partial charge in [0.2, 0.25) is 16.8 Å². The summed E-state index contributed by atoms with van der Waals surface area (Å²) >= 11 is 0. The van der Waals surface area contributed by atoms with Crippen molar-refractivity contribution in [1.29, 1.82) is 0 Å². The van der Waals surface area contributed by atoms with Crippen LogP contribution in [0.1, 0.15) is 5.56 Å². The predicted molar refractivity (Wildman–Crippen MR) is 90.5 cm³/mol. The lowest BCUT2D eigenvalue weighted by Gasteiger charge is -2.08. The van der Waals surface area contributed by atoms with E-state index in [1.165, 1.54) is 0 Å². The maximum Gasteiger partial charge on any atom is 0.240 e. The minimum atomic E-state index is -3.59. The van der Waals surface area contributed by atoms with E-state index < -0.39 is 10.0 Å². The van der Waals surface area contributed by atoms with Gasteiger partial charge in [0.25, 0.3) is 0 Å². The number of ether oxygens (including phenoxy) is 2. The van der Waals surface area contributed by atoms with Crippen molar-refractivity contribution < 1.29 is 17.9 Å². The van der Waals surface area contributed by atoms with E-state index >= 15 is 0 Å². The molecule has 6 heteroatoms. The topological polar surface area (TPSA) is 64.6 Å². The summed E-state index contributed by atoms with van der Waals surface area (Å²) in [5, 5.41) is 1.90. The predicted octanol–water partition coefficient (Wildman–Crippen LogP) is 3.05. The Hall–Kier alpha value is -2.57. The number of rotatable bonds is 4. The third-order valence-electron chi connectivity index (χ3n) is 3.93. The minimum absolute atomic E-state index is 0.186. The first-order valence-corrected chi connectivity index (χ1v) is 8.97. The molecular weight excluding hydrogens is 326 g/mol. The molecule has 0 aromatic heterocycles. The van der Waals surface area contributed by atoms with Gasteiger partial charge in [0, 0.05) is 6.54 Å². The van der Waals surface area contributed by atoms with Gasteiger partial charge in [0.1, 0.15) is 0 Å². The second-order valence-electron chi connectivity index (χ2n) is 5.52. The fraction of sp³-hybridized carbons (Fsp3) is 0.111. The number of sulfonamides is 1. The molecule has 1 aliphatic heterocycles. The molecule has 24 heavy (non-hydrogen) atoms. The Bertz CT molecular complexity index is 1010. The van der Waals surface area contributed by atoms with Gasteiger partial charge < -0.3 is 9.47 Å². The highest BCUT2D eigenvalue weighted by Gasteiger charge is 2.16. The Kier molecular flexibility index (Phi) is 3.63. The van der Waals surface area contributed by atoms with E-state index in [4.69, 9.17) is 9.47 Å². The van der Waals surface area contributed by atoms with E-state index in [0.29, 0.717) is 11.5 Å². The Morgan fingerprint density at radius 1 is 0.875 bits per heavy atom. The summed E-state index contributed by atoms with van der Waals surface area (Å²) in [5.74, 6) is 1.31.